The highest BCUT2D eigenvalue weighted by Gasteiger charge is 2.15. The van der Waals surface area contributed by atoms with Crippen LogP contribution in [0, 0.1) is 0 Å². The molecule has 3 aromatic carbocycles. The van der Waals surface area contributed by atoms with E-state index in [9.17, 15) is 9.59 Å². The van der Waals surface area contributed by atoms with Gasteiger partial charge in [0.15, 0.2) is 0 Å². The lowest BCUT2D eigenvalue weighted by Crippen LogP contribution is -2.32. The molecule has 2 amide bonds. The molecule has 0 atom stereocenters. The van der Waals surface area contributed by atoms with Crippen molar-refractivity contribution in [3.05, 3.63) is 100 Å². The first-order chi connectivity index (χ1) is 16.0. The molecule has 2 N–H and O–H groups in total. The predicted octanol–water partition coefficient (Wildman–Crippen LogP) is 5.04. The highest BCUT2D eigenvalue weighted by atomic mass is 79.9. The van der Waals surface area contributed by atoms with E-state index < -0.39 is 11.8 Å². The van der Waals surface area contributed by atoms with Crippen molar-refractivity contribution in [2.75, 3.05) is 5.32 Å². The summed E-state index contributed by atoms with van der Waals surface area (Å²) in [6.45, 7) is 0. The number of nitrogens with zero attached hydrogens (tertiary/aromatic N) is 3. The lowest BCUT2D eigenvalue weighted by atomic mass is 10.1. The van der Waals surface area contributed by atoms with Crippen LogP contribution in [0.25, 0.3) is 16.9 Å². The van der Waals surface area contributed by atoms with Gasteiger partial charge in [-0.15, -0.1) is 0 Å². The van der Waals surface area contributed by atoms with Gasteiger partial charge >= 0.3 is 11.8 Å². The Labute approximate surface area is 203 Å². The number of benzene rings is 3. The molecule has 164 valence electrons. The number of aromatic nitrogens is 2. The number of nitrogens with one attached hydrogen (secondary N) is 2. The van der Waals surface area contributed by atoms with Crippen LogP contribution < -0.4 is 10.7 Å². The van der Waals surface area contributed by atoms with Crippen LogP contribution in [0.15, 0.2) is 94.6 Å². The molecular formula is C24H17BrClN5O2. The molecule has 0 spiro atoms. The van der Waals surface area contributed by atoms with Gasteiger partial charge < -0.3 is 5.32 Å². The maximum Gasteiger partial charge on any atom is 0.329 e. The molecule has 0 bridgehead atoms. The molecule has 1 aromatic heterocycles. The Morgan fingerprint density at radius 2 is 1.64 bits per heavy atom. The van der Waals surface area contributed by atoms with E-state index in [0.717, 1.165) is 15.7 Å². The predicted molar refractivity (Wildman–Crippen MR) is 133 cm³/mol. The molecule has 7 nitrogen and oxygen atoms in total. The van der Waals surface area contributed by atoms with Gasteiger partial charge in [0.05, 0.1) is 22.6 Å². The quantitative estimate of drug-likeness (QED) is 0.219. The van der Waals surface area contributed by atoms with E-state index >= 15 is 0 Å². The Morgan fingerprint density at radius 1 is 0.939 bits per heavy atom. The summed E-state index contributed by atoms with van der Waals surface area (Å²) < 4.78 is 2.67. The van der Waals surface area contributed by atoms with Gasteiger partial charge in [0.2, 0.25) is 0 Å². The third kappa shape index (κ3) is 5.54. The number of para-hydroxylation sites is 2. The van der Waals surface area contributed by atoms with Crippen molar-refractivity contribution in [2.45, 2.75) is 0 Å². The fourth-order valence-electron chi connectivity index (χ4n) is 2.98. The monoisotopic (exact) mass is 521 g/mol. The molecular weight excluding hydrogens is 506 g/mol. The van der Waals surface area contributed by atoms with Crippen molar-refractivity contribution in [3.8, 4) is 16.9 Å². The Bertz CT molecular complexity index is 1320. The zero-order chi connectivity index (χ0) is 23.2. The van der Waals surface area contributed by atoms with Crippen LogP contribution in [0.5, 0.6) is 0 Å². The fraction of sp³-hybridized carbons (Fsp3) is 0. The molecule has 0 aliphatic rings. The van der Waals surface area contributed by atoms with E-state index in [1.54, 1.807) is 35.1 Å². The minimum absolute atomic E-state index is 0.328. The largest absolute Gasteiger partial charge is 0.329 e. The standard InChI is InChI=1S/C24H17BrClN5O2/c25-18-12-10-16(11-13-18)22-17(15-31(30-22)19-6-2-1-3-7-19)14-27-29-24(33)23(32)28-21-9-5-4-8-20(21)26/h1-15H,(H,28,32)(H,29,33)/b27-14+. The number of amides is 2. The topological polar surface area (TPSA) is 88.4 Å². The lowest BCUT2D eigenvalue weighted by molar-refractivity contribution is -0.136. The zero-order valence-corrected chi connectivity index (χ0v) is 19.4. The second-order valence-electron chi connectivity index (χ2n) is 6.85. The summed E-state index contributed by atoms with van der Waals surface area (Å²) >= 11 is 9.44. The van der Waals surface area contributed by atoms with E-state index in [1.807, 2.05) is 54.6 Å². The number of halogens is 2. The molecule has 4 aromatic rings. The van der Waals surface area contributed by atoms with Crippen LogP contribution in [0.3, 0.4) is 0 Å². The van der Waals surface area contributed by atoms with E-state index in [2.05, 4.69) is 36.9 Å². The summed E-state index contributed by atoms with van der Waals surface area (Å²) in [7, 11) is 0. The third-order valence-corrected chi connectivity index (χ3v) is 5.44. The molecule has 0 unspecified atom stereocenters. The van der Waals surface area contributed by atoms with Gasteiger partial charge in [-0.1, -0.05) is 70.0 Å². The molecule has 0 radical (unpaired) electrons. The number of carbonyl (C=O) groups is 2. The lowest BCUT2D eigenvalue weighted by Gasteiger charge is -2.05. The van der Waals surface area contributed by atoms with Gasteiger partial charge in [-0.05, 0) is 36.4 Å². The Balaban J connectivity index is 1.54. The number of anilines is 1. The van der Waals surface area contributed by atoms with Crippen LogP contribution in [0.2, 0.25) is 5.02 Å². The highest BCUT2D eigenvalue weighted by molar-refractivity contribution is 9.10. The molecule has 0 saturated heterocycles. The molecule has 9 heteroatoms. The SMILES string of the molecule is O=C(N/N=C/c1cn(-c2ccccc2)nc1-c1ccc(Br)cc1)C(=O)Nc1ccccc1Cl. The van der Waals surface area contributed by atoms with E-state index in [-0.39, 0.29) is 0 Å². The van der Waals surface area contributed by atoms with Crippen molar-refractivity contribution >= 4 is 51.2 Å². The Kier molecular flexibility index (Phi) is 6.97. The molecule has 4 rings (SSSR count). The Morgan fingerprint density at radius 3 is 2.36 bits per heavy atom. The van der Waals surface area contributed by atoms with Gasteiger partial charge in [0.1, 0.15) is 5.69 Å². The first kappa shape index (κ1) is 22.4. The van der Waals surface area contributed by atoms with Crippen LogP contribution >= 0.6 is 27.5 Å². The minimum atomic E-state index is -0.924. The van der Waals surface area contributed by atoms with Crippen molar-refractivity contribution in [2.24, 2.45) is 5.10 Å². The maximum absolute atomic E-state index is 12.2. The highest BCUT2D eigenvalue weighted by Crippen LogP contribution is 2.24. The summed E-state index contributed by atoms with van der Waals surface area (Å²) in [5.74, 6) is -1.81. The molecule has 33 heavy (non-hydrogen) atoms. The van der Waals surface area contributed by atoms with E-state index in [4.69, 9.17) is 11.6 Å². The van der Waals surface area contributed by atoms with Gasteiger partial charge in [0.25, 0.3) is 0 Å². The third-order valence-electron chi connectivity index (χ3n) is 4.58. The smallest absolute Gasteiger partial charge is 0.316 e. The summed E-state index contributed by atoms with van der Waals surface area (Å²) in [6.07, 6.45) is 3.25. The number of carbonyl (C=O) groups excluding carboxylic acids is 2. The number of hydrogen-bond acceptors (Lipinski definition) is 4. The second kappa shape index (κ2) is 10.2. The summed E-state index contributed by atoms with van der Waals surface area (Å²) in [5, 5.41) is 11.4. The van der Waals surface area contributed by atoms with Gasteiger partial charge in [0, 0.05) is 21.8 Å². The average Bonchev–Trinajstić information content (AvgIpc) is 3.25. The van der Waals surface area contributed by atoms with Gasteiger partial charge in [-0.25, -0.2) is 10.1 Å². The minimum Gasteiger partial charge on any atom is -0.316 e. The van der Waals surface area contributed by atoms with Gasteiger partial charge in [-0.3, -0.25) is 9.59 Å². The maximum atomic E-state index is 12.2. The van der Waals surface area contributed by atoms with E-state index in [1.165, 1.54) is 6.21 Å². The first-order valence-corrected chi connectivity index (χ1v) is 11.0. The van der Waals surface area contributed by atoms with Crippen LogP contribution in [0.4, 0.5) is 5.69 Å². The molecule has 1 heterocycles. The number of hydrazone groups is 1. The Hall–Kier alpha value is -3.75. The van der Waals surface area contributed by atoms with Crippen molar-refractivity contribution in [3.63, 3.8) is 0 Å². The summed E-state index contributed by atoms with van der Waals surface area (Å²) in [4.78, 5) is 24.3. The van der Waals surface area contributed by atoms with Crippen molar-refractivity contribution < 1.29 is 9.59 Å². The second-order valence-corrected chi connectivity index (χ2v) is 8.18. The zero-order valence-electron chi connectivity index (χ0n) is 17.1. The van der Waals surface area contributed by atoms with E-state index in [0.29, 0.717) is 22.0 Å². The molecule has 0 fully saturated rings. The molecule has 0 saturated carbocycles. The average molecular weight is 523 g/mol. The normalized spacial score (nSPS) is 10.8. The van der Waals surface area contributed by atoms with Crippen LogP contribution in [0.1, 0.15) is 5.56 Å². The first-order valence-electron chi connectivity index (χ1n) is 9.81. The number of rotatable bonds is 5. The van der Waals surface area contributed by atoms with Crippen LogP contribution in [-0.2, 0) is 9.59 Å². The molecule has 0 aliphatic carbocycles. The number of hydrogen-bond donors (Lipinski definition) is 2. The van der Waals surface area contributed by atoms with Crippen molar-refractivity contribution in [1.82, 2.24) is 15.2 Å². The molecule has 0 aliphatic heterocycles. The summed E-state index contributed by atoms with van der Waals surface area (Å²) in [6, 6.07) is 23.9. The van der Waals surface area contributed by atoms with Crippen LogP contribution in [-0.4, -0.2) is 27.8 Å². The fourth-order valence-corrected chi connectivity index (χ4v) is 3.43. The van der Waals surface area contributed by atoms with Crippen molar-refractivity contribution in [1.29, 1.82) is 0 Å². The summed E-state index contributed by atoms with van der Waals surface area (Å²) in [5.41, 5.74) is 5.65. The van der Waals surface area contributed by atoms with Gasteiger partial charge in [-0.2, -0.15) is 10.2 Å².